The number of aryl methyl sites for hydroxylation is 1. The van der Waals surface area contributed by atoms with Crippen molar-refractivity contribution < 1.29 is 9.59 Å². The zero-order chi connectivity index (χ0) is 20.4. The summed E-state index contributed by atoms with van der Waals surface area (Å²) >= 11 is 8.32. The van der Waals surface area contributed by atoms with E-state index in [1.54, 1.807) is 31.2 Å². The smallest absolute Gasteiger partial charge is 0.308 e. The van der Waals surface area contributed by atoms with Gasteiger partial charge in [0.1, 0.15) is 4.88 Å². The molecule has 0 spiro atoms. The van der Waals surface area contributed by atoms with Crippen molar-refractivity contribution in [2.75, 3.05) is 16.0 Å². The Morgan fingerprint density at radius 2 is 1.62 bits per heavy atom. The molecule has 146 valence electrons. The molecule has 2 aromatic heterocycles. The molecule has 4 rings (SSSR count). The molecule has 0 aliphatic carbocycles. The van der Waals surface area contributed by atoms with Crippen LogP contribution in [0.2, 0.25) is 5.02 Å². The van der Waals surface area contributed by atoms with Gasteiger partial charge in [0, 0.05) is 10.7 Å². The van der Waals surface area contributed by atoms with Gasteiger partial charge in [-0.05, 0) is 43.3 Å². The Kier molecular flexibility index (Phi) is 5.43. The first-order valence-electron chi connectivity index (χ1n) is 8.46. The molecule has 0 saturated heterocycles. The molecule has 0 fully saturated rings. The highest BCUT2D eigenvalue weighted by molar-refractivity contribution is 7.22. The van der Waals surface area contributed by atoms with Gasteiger partial charge in [0.15, 0.2) is 10.3 Å². The molecule has 0 bridgehead atoms. The minimum Gasteiger partial charge on any atom is -0.308 e. The van der Waals surface area contributed by atoms with E-state index in [9.17, 15) is 9.59 Å². The molecule has 7 nitrogen and oxygen atoms in total. The van der Waals surface area contributed by atoms with Crippen LogP contribution in [0.1, 0.15) is 15.4 Å². The van der Waals surface area contributed by atoms with Gasteiger partial charge in [-0.3, -0.25) is 15.4 Å². The van der Waals surface area contributed by atoms with Crippen molar-refractivity contribution in [2.45, 2.75) is 6.92 Å². The fourth-order valence-electron chi connectivity index (χ4n) is 2.53. The van der Waals surface area contributed by atoms with Crippen LogP contribution in [0.5, 0.6) is 0 Å². The van der Waals surface area contributed by atoms with Gasteiger partial charge >= 0.3 is 6.03 Å². The number of benzene rings is 2. The van der Waals surface area contributed by atoms with Crippen LogP contribution in [0, 0.1) is 6.92 Å². The minimum absolute atomic E-state index is 0.315. The second-order valence-electron chi connectivity index (χ2n) is 5.96. The number of rotatable bonds is 4. The first-order valence-corrected chi connectivity index (χ1v) is 10.5. The standard InChI is InChI=1S/C19H14ClN5O2S2/c1-10-15(16(26)24-19-23-13-4-2-3-5-14(13)28-19)29-18(21-10)25-17(27)22-12-8-6-11(20)7-9-12/h2-9H,1H3,(H,23,24,26)(H2,21,22,25,27). The quantitative estimate of drug-likeness (QED) is 0.382. The van der Waals surface area contributed by atoms with E-state index in [2.05, 4.69) is 25.9 Å². The van der Waals surface area contributed by atoms with Crippen LogP contribution in [-0.2, 0) is 0 Å². The molecule has 2 heterocycles. The number of aromatic nitrogens is 2. The van der Waals surface area contributed by atoms with E-state index in [1.165, 1.54) is 11.3 Å². The van der Waals surface area contributed by atoms with Gasteiger partial charge in [-0.15, -0.1) is 0 Å². The predicted octanol–water partition coefficient (Wildman–Crippen LogP) is 5.61. The van der Waals surface area contributed by atoms with Gasteiger partial charge in [-0.2, -0.15) is 0 Å². The first kappa shape index (κ1) is 19.3. The molecular formula is C19H14ClN5O2S2. The number of amides is 3. The number of carbonyl (C=O) groups is 2. The lowest BCUT2D eigenvalue weighted by Crippen LogP contribution is -2.19. The topological polar surface area (TPSA) is 96.0 Å². The normalized spacial score (nSPS) is 10.7. The van der Waals surface area contributed by atoms with Crippen molar-refractivity contribution in [2.24, 2.45) is 0 Å². The number of nitrogens with one attached hydrogen (secondary N) is 3. The minimum atomic E-state index is -0.459. The predicted molar refractivity (Wildman–Crippen MR) is 119 cm³/mol. The molecule has 3 N–H and O–H groups in total. The summed E-state index contributed by atoms with van der Waals surface area (Å²) in [6, 6.07) is 13.9. The molecule has 10 heteroatoms. The van der Waals surface area contributed by atoms with Crippen LogP contribution >= 0.6 is 34.3 Å². The number of anilines is 3. The number of halogens is 1. The average molecular weight is 444 g/mol. The zero-order valence-corrected chi connectivity index (χ0v) is 17.4. The highest BCUT2D eigenvalue weighted by atomic mass is 35.5. The van der Waals surface area contributed by atoms with Crippen molar-refractivity contribution in [1.29, 1.82) is 0 Å². The summed E-state index contributed by atoms with van der Waals surface area (Å²) in [6.07, 6.45) is 0. The van der Waals surface area contributed by atoms with E-state index in [1.807, 2.05) is 24.3 Å². The summed E-state index contributed by atoms with van der Waals surface area (Å²) in [6.45, 7) is 1.71. The highest BCUT2D eigenvalue weighted by Gasteiger charge is 2.18. The maximum absolute atomic E-state index is 12.6. The lowest BCUT2D eigenvalue weighted by molar-refractivity contribution is 0.103. The molecule has 4 aromatic rings. The van der Waals surface area contributed by atoms with Crippen molar-refractivity contribution in [1.82, 2.24) is 9.97 Å². The largest absolute Gasteiger partial charge is 0.325 e. The Bertz CT molecular complexity index is 1170. The number of para-hydroxylation sites is 1. The van der Waals surface area contributed by atoms with E-state index >= 15 is 0 Å². The molecule has 0 unspecified atom stereocenters. The molecular weight excluding hydrogens is 430 g/mol. The van der Waals surface area contributed by atoms with Crippen molar-refractivity contribution in [3.05, 3.63) is 64.1 Å². The maximum atomic E-state index is 12.6. The van der Waals surface area contributed by atoms with E-state index < -0.39 is 6.03 Å². The maximum Gasteiger partial charge on any atom is 0.325 e. The number of hydrogen-bond acceptors (Lipinski definition) is 6. The average Bonchev–Trinajstić information content (AvgIpc) is 3.25. The molecule has 2 aromatic carbocycles. The summed E-state index contributed by atoms with van der Waals surface area (Å²) in [5, 5.41) is 9.53. The molecule has 0 aliphatic heterocycles. The molecule has 3 amide bonds. The van der Waals surface area contributed by atoms with Crippen LogP contribution in [0.4, 0.5) is 20.7 Å². The SMILES string of the molecule is Cc1nc(NC(=O)Nc2ccc(Cl)cc2)sc1C(=O)Nc1nc2ccccc2s1. The number of hydrogen-bond donors (Lipinski definition) is 3. The van der Waals surface area contributed by atoms with Gasteiger partial charge in [0.05, 0.1) is 15.9 Å². The van der Waals surface area contributed by atoms with Crippen molar-refractivity contribution >= 4 is 72.4 Å². The summed E-state index contributed by atoms with van der Waals surface area (Å²) in [7, 11) is 0. The van der Waals surface area contributed by atoms with Gasteiger partial charge in [-0.1, -0.05) is 46.4 Å². The second-order valence-corrected chi connectivity index (χ2v) is 8.43. The monoisotopic (exact) mass is 443 g/mol. The van der Waals surface area contributed by atoms with Gasteiger partial charge in [-0.25, -0.2) is 14.8 Å². The van der Waals surface area contributed by atoms with Crippen LogP contribution in [0.3, 0.4) is 0 Å². The Hall–Kier alpha value is -3.01. The Labute approximate surface area is 178 Å². The van der Waals surface area contributed by atoms with Crippen LogP contribution < -0.4 is 16.0 Å². The third-order valence-corrected chi connectivity index (χ3v) is 6.12. The van der Waals surface area contributed by atoms with Crippen molar-refractivity contribution in [3.63, 3.8) is 0 Å². The third kappa shape index (κ3) is 4.53. The summed E-state index contributed by atoms with van der Waals surface area (Å²) in [5.74, 6) is -0.315. The highest BCUT2D eigenvalue weighted by Crippen LogP contribution is 2.28. The number of nitrogens with zero attached hydrogens (tertiary/aromatic N) is 2. The molecule has 29 heavy (non-hydrogen) atoms. The summed E-state index contributed by atoms with van der Waals surface area (Å²) < 4.78 is 0.991. The summed E-state index contributed by atoms with van der Waals surface area (Å²) in [5.41, 5.74) is 1.94. The Balaban J connectivity index is 1.43. The number of carbonyl (C=O) groups excluding carboxylic acids is 2. The molecule has 0 aliphatic rings. The lowest BCUT2D eigenvalue weighted by atomic mass is 10.3. The Morgan fingerprint density at radius 3 is 2.38 bits per heavy atom. The van der Waals surface area contributed by atoms with Crippen LogP contribution in [0.15, 0.2) is 48.5 Å². The second kappa shape index (κ2) is 8.16. The first-order chi connectivity index (χ1) is 14.0. The van der Waals surface area contributed by atoms with Crippen LogP contribution in [0.25, 0.3) is 10.2 Å². The van der Waals surface area contributed by atoms with Gasteiger partial charge in [0.2, 0.25) is 0 Å². The fourth-order valence-corrected chi connectivity index (χ4v) is 4.38. The fraction of sp³-hybridized carbons (Fsp3) is 0.0526. The van der Waals surface area contributed by atoms with E-state index in [-0.39, 0.29) is 5.91 Å². The number of thiazole rings is 2. The lowest BCUT2D eigenvalue weighted by Gasteiger charge is -2.05. The third-order valence-electron chi connectivity index (χ3n) is 3.84. The molecule has 0 radical (unpaired) electrons. The van der Waals surface area contributed by atoms with E-state index in [0.29, 0.717) is 31.5 Å². The van der Waals surface area contributed by atoms with Gasteiger partial charge < -0.3 is 5.32 Å². The Morgan fingerprint density at radius 1 is 0.897 bits per heavy atom. The summed E-state index contributed by atoms with van der Waals surface area (Å²) in [4.78, 5) is 33.8. The number of urea groups is 1. The van der Waals surface area contributed by atoms with Crippen LogP contribution in [-0.4, -0.2) is 21.9 Å². The number of fused-ring (bicyclic) bond motifs is 1. The van der Waals surface area contributed by atoms with Crippen molar-refractivity contribution in [3.8, 4) is 0 Å². The van der Waals surface area contributed by atoms with E-state index in [4.69, 9.17) is 11.6 Å². The molecule has 0 saturated carbocycles. The zero-order valence-electron chi connectivity index (χ0n) is 15.0. The molecule has 0 atom stereocenters. The van der Waals surface area contributed by atoms with E-state index in [0.717, 1.165) is 21.6 Å². The van der Waals surface area contributed by atoms with Gasteiger partial charge in [0.25, 0.3) is 5.91 Å².